The SMILES string of the molecule is O=C1Nc2cccc(O)c2/C1=C/c1ccc[nH]1. The number of anilines is 1. The highest BCUT2D eigenvalue weighted by molar-refractivity contribution is 6.35. The molecule has 1 amide bonds. The van der Waals surface area contributed by atoms with Crippen LogP contribution in [0.4, 0.5) is 5.69 Å². The number of hydrogen-bond donors (Lipinski definition) is 3. The lowest BCUT2D eigenvalue weighted by Gasteiger charge is -2.00. The number of rotatable bonds is 1. The Hall–Kier alpha value is -2.49. The molecule has 0 aliphatic carbocycles. The highest BCUT2D eigenvalue weighted by atomic mass is 16.3. The molecular weight excluding hydrogens is 216 g/mol. The third kappa shape index (κ3) is 1.50. The van der Waals surface area contributed by atoms with E-state index in [0.29, 0.717) is 16.8 Å². The molecule has 0 atom stereocenters. The van der Waals surface area contributed by atoms with Crippen LogP contribution < -0.4 is 5.32 Å². The Morgan fingerprint density at radius 1 is 1.18 bits per heavy atom. The van der Waals surface area contributed by atoms with Crippen molar-refractivity contribution < 1.29 is 9.90 Å². The summed E-state index contributed by atoms with van der Waals surface area (Å²) in [6, 6.07) is 8.75. The first-order valence-corrected chi connectivity index (χ1v) is 5.24. The normalized spacial score (nSPS) is 16.0. The Kier molecular flexibility index (Phi) is 2.01. The molecular formula is C13H10N2O2. The van der Waals surface area contributed by atoms with Gasteiger partial charge in [0, 0.05) is 11.9 Å². The van der Waals surface area contributed by atoms with E-state index in [1.165, 1.54) is 0 Å². The van der Waals surface area contributed by atoms with Crippen molar-refractivity contribution in [1.82, 2.24) is 4.98 Å². The van der Waals surface area contributed by atoms with Crippen molar-refractivity contribution in [2.45, 2.75) is 0 Å². The third-order valence-corrected chi connectivity index (χ3v) is 2.73. The number of phenolic OH excluding ortho intramolecular Hbond substituents is 1. The van der Waals surface area contributed by atoms with Gasteiger partial charge in [0.05, 0.1) is 16.8 Å². The van der Waals surface area contributed by atoms with E-state index < -0.39 is 0 Å². The number of carbonyl (C=O) groups is 1. The molecule has 0 saturated carbocycles. The Labute approximate surface area is 97.6 Å². The van der Waals surface area contributed by atoms with E-state index in [0.717, 1.165) is 5.69 Å². The molecule has 4 heteroatoms. The number of benzene rings is 1. The van der Waals surface area contributed by atoms with Gasteiger partial charge in [0.15, 0.2) is 0 Å². The molecule has 0 fully saturated rings. The maximum atomic E-state index is 11.8. The zero-order valence-corrected chi connectivity index (χ0v) is 8.90. The minimum absolute atomic E-state index is 0.110. The van der Waals surface area contributed by atoms with Gasteiger partial charge in [-0.1, -0.05) is 6.07 Å². The van der Waals surface area contributed by atoms with Crippen LogP contribution in [0.25, 0.3) is 11.6 Å². The van der Waals surface area contributed by atoms with Crippen molar-refractivity contribution in [3.05, 3.63) is 47.8 Å². The zero-order chi connectivity index (χ0) is 11.8. The van der Waals surface area contributed by atoms with Gasteiger partial charge < -0.3 is 15.4 Å². The summed E-state index contributed by atoms with van der Waals surface area (Å²) >= 11 is 0. The number of amides is 1. The van der Waals surface area contributed by atoms with Gasteiger partial charge in [-0.3, -0.25) is 4.79 Å². The highest BCUT2D eigenvalue weighted by Gasteiger charge is 2.26. The maximum absolute atomic E-state index is 11.8. The lowest BCUT2D eigenvalue weighted by Crippen LogP contribution is -2.03. The van der Waals surface area contributed by atoms with Crippen molar-refractivity contribution in [3.8, 4) is 5.75 Å². The molecule has 1 aromatic carbocycles. The predicted molar refractivity (Wildman–Crippen MR) is 65.4 cm³/mol. The molecule has 4 nitrogen and oxygen atoms in total. The molecule has 0 saturated heterocycles. The molecule has 3 rings (SSSR count). The number of aromatic hydroxyl groups is 1. The molecule has 0 unspecified atom stereocenters. The van der Waals surface area contributed by atoms with Crippen LogP contribution in [0.5, 0.6) is 5.75 Å². The Bertz CT molecular complexity index is 612. The highest BCUT2D eigenvalue weighted by Crippen LogP contribution is 2.38. The molecule has 2 aromatic rings. The average molecular weight is 226 g/mol. The number of aromatic amines is 1. The number of carbonyl (C=O) groups excluding carboxylic acids is 1. The topological polar surface area (TPSA) is 65.1 Å². The molecule has 84 valence electrons. The van der Waals surface area contributed by atoms with E-state index in [2.05, 4.69) is 10.3 Å². The summed E-state index contributed by atoms with van der Waals surface area (Å²) < 4.78 is 0. The number of hydrogen-bond acceptors (Lipinski definition) is 2. The first kappa shape index (κ1) is 9.72. The molecule has 1 aliphatic heterocycles. The van der Waals surface area contributed by atoms with Crippen LogP contribution in [-0.4, -0.2) is 16.0 Å². The summed E-state index contributed by atoms with van der Waals surface area (Å²) in [5.41, 5.74) is 2.51. The van der Waals surface area contributed by atoms with E-state index in [1.54, 1.807) is 30.5 Å². The van der Waals surface area contributed by atoms with Gasteiger partial charge in [-0.2, -0.15) is 0 Å². The van der Waals surface area contributed by atoms with Gasteiger partial charge in [-0.05, 0) is 30.3 Å². The minimum Gasteiger partial charge on any atom is -0.507 e. The number of nitrogens with one attached hydrogen (secondary N) is 2. The van der Waals surface area contributed by atoms with Crippen LogP contribution in [-0.2, 0) is 4.79 Å². The molecule has 3 N–H and O–H groups in total. The number of H-pyrrole nitrogens is 1. The quantitative estimate of drug-likeness (QED) is 0.653. The van der Waals surface area contributed by atoms with Crippen LogP contribution in [0.2, 0.25) is 0 Å². The smallest absolute Gasteiger partial charge is 0.256 e. The number of phenols is 1. The molecule has 2 heterocycles. The van der Waals surface area contributed by atoms with E-state index in [-0.39, 0.29) is 11.7 Å². The fourth-order valence-electron chi connectivity index (χ4n) is 1.96. The van der Waals surface area contributed by atoms with Gasteiger partial charge >= 0.3 is 0 Å². The zero-order valence-electron chi connectivity index (χ0n) is 8.90. The van der Waals surface area contributed by atoms with Crippen LogP contribution in [0.1, 0.15) is 11.3 Å². The first-order chi connectivity index (χ1) is 8.25. The van der Waals surface area contributed by atoms with Gasteiger partial charge in [-0.15, -0.1) is 0 Å². The van der Waals surface area contributed by atoms with Gasteiger partial charge in [-0.25, -0.2) is 0 Å². The van der Waals surface area contributed by atoms with Gasteiger partial charge in [0.1, 0.15) is 5.75 Å². The molecule has 1 aliphatic rings. The second kappa shape index (κ2) is 3.52. The molecule has 0 radical (unpaired) electrons. The second-order valence-corrected chi connectivity index (χ2v) is 3.84. The number of aromatic nitrogens is 1. The van der Waals surface area contributed by atoms with Crippen LogP contribution in [0, 0.1) is 0 Å². The lowest BCUT2D eigenvalue weighted by atomic mass is 10.1. The van der Waals surface area contributed by atoms with Crippen LogP contribution >= 0.6 is 0 Å². The fourth-order valence-corrected chi connectivity index (χ4v) is 1.96. The Balaban J connectivity index is 2.17. The summed E-state index contributed by atoms with van der Waals surface area (Å²) in [5.74, 6) is -0.0882. The van der Waals surface area contributed by atoms with Crippen LogP contribution in [0.3, 0.4) is 0 Å². The van der Waals surface area contributed by atoms with E-state index in [1.807, 2.05) is 12.1 Å². The van der Waals surface area contributed by atoms with Crippen molar-refractivity contribution in [3.63, 3.8) is 0 Å². The van der Waals surface area contributed by atoms with Crippen molar-refractivity contribution in [1.29, 1.82) is 0 Å². The van der Waals surface area contributed by atoms with Gasteiger partial charge in [0.25, 0.3) is 5.91 Å². The van der Waals surface area contributed by atoms with E-state index in [9.17, 15) is 9.90 Å². The predicted octanol–water partition coefficient (Wildman–Crippen LogP) is 2.21. The monoisotopic (exact) mass is 226 g/mol. The second-order valence-electron chi connectivity index (χ2n) is 3.84. The molecule has 0 spiro atoms. The summed E-state index contributed by atoms with van der Waals surface area (Å²) in [7, 11) is 0. The van der Waals surface area contributed by atoms with E-state index in [4.69, 9.17) is 0 Å². The largest absolute Gasteiger partial charge is 0.507 e. The first-order valence-electron chi connectivity index (χ1n) is 5.24. The maximum Gasteiger partial charge on any atom is 0.256 e. The van der Waals surface area contributed by atoms with Crippen molar-refractivity contribution in [2.75, 3.05) is 5.32 Å². The molecule has 17 heavy (non-hydrogen) atoms. The summed E-state index contributed by atoms with van der Waals surface area (Å²) in [4.78, 5) is 14.8. The standard InChI is InChI=1S/C13H10N2O2/c16-11-5-1-4-10-12(11)9(13(17)15-10)7-8-3-2-6-14-8/h1-7,14,16H,(H,15,17)/b9-7-. The van der Waals surface area contributed by atoms with Gasteiger partial charge in [0.2, 0.25) is 0 Å². The lowest BCUT2D eigenvalue weighted by molar-refractivity contribution is -0.110. The van der Waals surface area contributed by atoms with Crippen LogP contribution in [0.15, 0.2) is 36.5 Å². The van der Waals surface area contributed by atoms with Crippen molar-refractivity contribution >= 4 is 23.2 Å². The molecule has 0 bridgehead atoms. The van der Waals surface area contributed by atoms with E-state index >= 15 is 0 Å². The summed E-state index contributed by atoms with van der Waals surface area (Å²) in [6.45, 7) is 0. The van der Waals surface area contributed by atoms with Crippen molar-refractivity contribution in [2.24, 2.45) is 0 Å². The summed E-state index contributed by atoms with van der Waals surface area (Å²) in [5, 5.41) is 12.5. The minimum atomic E-state index is -0.198. The fraction of sp³-hybridized carbons (Fsp3) is 0. The Morgan fingerprint density at radius 2 is 2.06 bits per heavy atom. The summed E-state index contributed by atoms with van der Waals surface area (Å²) in [6.07, 6.45) is 3.51. The number of fused-ring (bicyclic) bond motifs is 1. The third-order valence-electron chi connectivity index (χ3n) is 2.73. The Morgan fingerprint density at radius 3 is 2.82 bits per heavy atom. The average Bonchev–Trinajstić information content (AvgIpc) is 2.89. The molecule has 1 aromatic heterocycles.